The predicted molar refractivity (Wildman–Crippen MR) is 89.2 cm³/mol. The summed E-state index contributed by atoms with van der Waals surface area (Å²) in [5.74, 6) is 0. The Morgan fingerprint density at radius 3 is 2.74 bits per heavy atom. The van der Waals surface area contributed by atoms with Crippen LogP contribution in [-0.4, -0.2) is 29.8 Å². The number of benzene rings is 1. The molecule has 0 saturated carbocycles. The number of anilines is 1. The van der Waals surface area contributed by atoms with Crippen LogP contribution in [-0.2, 0) is 4.74 Å². The first-order valence-electron chi connectivity index (χ1n) is 7.39. The number of nitrogens with one attached hydrogen (secondary N) is 2. The summed E-state index contributed by atoms with van der Waals surface area (Å²) < 4.78 is 5.16. The summed E-state index contributed by atoms with van der Waals surface area (Å²) in [6.45, 7) is 6.30. The van der Waals surface area contributed by atoms with Crippen LogP contribution < -0.4 is 10.6 Å². The number of para-hydroxylation sites is 1. The van der Waals surface area contributed by atoms with Gasteiger partial charge in [-0.15, -0.1) is 0 Å². The molecule has 0 fully saturated rings. The molecule has 0 spiro atoms. The van der Waals surface area contributed by atoms with Crippen LogP contribution >= 0.6 is 0 Å². The van der Waals surface area contributed by atoms with E-state index in [2.05, 4.69) is 21.7 Å². The van der Waals surface area contributed by atoms with Crippen LogP contribution in [0.2, 0.25) is 0 Å². The molecule has 6 heteroatoms. The third-order valence-electron chi connectivity index (χ3n) is 2.99. The van der Waals surface area contributed by atoms with Gasteiger partial charge >= 0.3 is 6.09 Å². The number of hydrogen-bond donors (Lipinski definition) is 2. The highest BCUT2D eigenvalue weighted by molar-refractivity contribution is 5.93. The molecule has 0 saturated heterocycles. The van der Waals surface area contributed by atoms with E-state index in [0.717, 1.165) is 16.6 Å². The van der Waals surface area contributed by atoms with Gasteiger partial charge in [0.15, 0.2) is 0 Å². The minimum Gasteiger partial charge on any atom is -0.444 e. The monoisotopic (exact) mass is 312 g/mol. The standard InChI is InChI=1S/C17H20N4O2/c1-17(2,3)23-16(22)20-9-8-19-15-12(10-18)11-21-14-7-5-4-6-13(14)15/h4-7,11H,8-9H2,1-3H3,(H,19,21)(H,20,22). The second kappa shape index (κ2) is 6.97. The Hall–Kier alpha value is -2.81. The first-order valence-corrected chi connectivity index (χ1v) is 7.39. The minimum absolute atomic E-state index is 0.385. The number of nitriles is 1. The van der Waals surface area contributed by atoms with E-state index < -0.39 is 11.7 Å². The lowest BCUT2D eigenvalue weighted by atomic mass is 10.1. The van der Waals surface area contributed by atoms with E-state index in [1.54, 1.807) is 6.20 Å². The van der Waals surface area contributed by atoms with E-state index in [-0.39, 0.29) is 0 Å². The van der Waals surface area contributed by atoms with E-state index in [9.17, 15) is 10.1 Å². The number of aromatic nitrogens is 1. The van der Waals surface area contributed by atoms with Gasteiger partial charge in [-0.05, 0) is 26.8 Å². The molecule has 0 aliphatic carbocycles. The molecule has 120 valence electrons. The van der Waals surface area contributed by atoms with Gasteiger partial charge in [-0.2, -0.15) is 5.26 Å². The molecule has 1 heterocycles. The molecule has 2 aromatic rings. The molecule has 23 heavy (non-hydrogen) atoms. The Morgan fingerprint density at radius 2 is 2.04 bits per heavy atom. The van der Waals surface area contributed by atoms with Crippen LogP contribution in [0.15, 0.2) is 30.5 Å². The number of pyridine rings is 1. The summed E-state index contributed by atoms with van der Waals surface area (Å²) in [7, 11) is 0. The van der Waals surface area contributed by atoms with Crippen molar-refractivity contribution in [1.82, 2.24) is 10.3 Å². The lowest BCUT2D eigenvalue weighted by Crippen LogP contribution is -2.35. The number of nitrogens with zero attached hydrogens (tertiary/aromatic N) is 2. The van der Waals surface area contributed by atoms with Crippen molar-refractivity contribution in [3.8, 4) is 6.07 Å². The molecule has 0 aliphatic heterocycles. The summed E-state index contributed by atoms with van der Waals surface area (Å²) in [6.07, 6.45) is 1.09. The zero-order valence-corrected chi connectivity index (χ0v) is 13.5. The molecule has 2 rings (SSSR count). The highest BCUT2D eigenvalue weighted by Gasteiger charge is 2.15. The van der Waals surface area contributed by atoms with Gasteiger partial charge in [-0.3, -0.25) is 4.98 Å². The fourth-order valence-electron chi connectivity index (χ4n) is 2.08. The van der Waals surface area contributed by atoms with Crippen LogP contribution in [0.3, 0.4) is 0 Å². The average molecular weight is 312 g/mol. The summed E-state index contributed by atoms with van der Waals surface area (Å²) in [5, 5.41) is 16.0. The SMILES string of the molecule is CC(C)(C)OC(=O)NCCNc1c(C#N)cnc2ccccc12. The van der Waals surface area contributed by atoms with Crippen molar-refractivity contribution in [1.29, 1.82) is 5.26 Å². The molecule has 0 atom stereocenters. The fraction of sp³-hybridized carbons (Fsp3) is 0.353. The maximum absolute atomic E-state index is 11.6. The second-order valence-corrected chi connectivity index (χ2v) is 6.03. The molecular formula is C17H20N4O2. The van der Waals surface area contributed by atoms with E-state index in [4.69, 9.17) is 4.74 Å². The molecule has 0 unspecified atom stereocenters. The number of carbonyl (C=O) groups excluding carboxylic acids is 1. The second-order valence-electron chi connectivity index (χ2n) is 6.03. The van der Waals surface area contributed by atoms with Gasteiger partial charge in [0.1, 0.15) is 11.7 Å². The molecular weight excluding hydrogens is 292 g/mol. The molecule has 1 aromatic carbocycles. The van der Waals surface area contributed by atoms with E-state index >= 15 is 0 Å². The third kappa shape index (κ3) is 4.58. The Kier molecular flexibility index (Phi) is 5.02. The Morgan fingerprint density at radius 1 is 1.30 bits per heavy atom. The van der Waals surface area contributed by atoms with Gasteiger partial charge in [0.05, 0.1) is 16.8 Å². The number of carbonyl (C=O) groups is 1. The van der Waals surface area contributed by atoms with Crippen LogP contribution in [0.1, 0.15) is 26.3 Å². The number of hydrogen-bond acceptors (Lipinski definition) is 5. The Balaban J connectivity index is 2.00. The van der Waals surface area contributed by atoms with Crippen molar-refractivity contribution in [2.75, 3.05) is 18.4 Å². The first kappa shape index (κ1) is 16.6. The third-order valence-corrected chi connectivity index (χ3v) is 2.99. The van der Waals surface area contributed by atoms with Gasteiger partial charge in [0, 0.05) is 24.7 Å². The van der Waals surface area contributed by atoms with Crippen molar-refractivity contribution >= 4 is 22.7 Å². The molecule has 1 aromatic heterocycles. The topological polar surface area (TPSA) is 87.0 Å². The first-order chi connectivity index (χ1) is 10.9. The zero-order valence-electron chi connectivity index (χ0n) is 13.5. The molecule has 0 radical (unpaired) electrons. The van der Waals surface area contributed by atoms with Crippen LogP contribution in [0.25, 0.3) is 10.9 Å². The normalized spacial score (nSPS) is 10.9. The van der Waals surface area contributed by atoms with E-state index in [1.165, 1.54) is 0 Å². The number of alkyl carbamates (subject to hydrolysis) is 1. The summed E-state index contributed by atoms with van der Waals surface area (Å²) in [6, 6.07) is 9.73. The summed E-state index contributed by atoms with van der Waals surface area (Å²) in [4.78, 5) is 15.8. The van der Waals surface area contributed by atoms with Crippen LogP contribution in [0.5, 0.6) is 0 Å². The molecule has 6 nitrogen and oxygen atoms in total. The number of ether oxygens (including phenoxy) is 1. The number of amides is 1. The summed E-state index contributed by atoms with van der Waals surface area (Å²) >= 11 is 0. The smallest absolute Gasteiger partial charge is 0.407 e. The minimum atomic E-state index is -0.521. The highest BCUT2D eigenvalue weighted by atomic mass is 16.6. The zero-order chi connectivity index (χ0) is 16.9. The average Bonchev–Trinajstić information content (AvgIpc) is 2.49. The van der Waals surface area contributed by atoms with Crippen LogP contribution in [0, 0.1) is 11.3 Å². The molecule has 1 amide bonds. The quantitative estimate of drug-likeness (QED) is 0.847. The maximum Gasteiger partial charge on any atom is 0.407 e. The predicted octanol–water partition coefficient (Wildman–Crippen LogP) is 3.04. The van der Waals surface area contributed by atoms with Crippen molar-refractivity contribution in [2.24, 2.45) is 0 Å². The molecule has 2 N–H and O–H groups in total. The number of fused-ring (bicyclic) bond motifs is 1. The van der Waals surface area contributed by atoms with Crippen molar-refractivity contribution < 1.29 is 9.53 Å². The van der Waals surface area contributed by atoms with E-state index in [1.807, 2.05) is 45.0 Å². The van der Waals surface area contributed by atoms with E-state index in [0.29, 0.717) is 18.7 Å². The van der Waals surface area contributed by atoms with Crippen molar-refractivity contribution in [3.05, 3.63) is 36.0 Å². The maximum atomic E-state index is 11.6. The Bertz CT molecular complexity index is 744. The molecule has 0 aliphatic rings. The lowest BCUT2D eigenvalue weighted by molar-refractivity contribution is 0.0530. The van der Waals surface area contributed by atoms with Gasteiger partial charge in [0.2, 0.25) is 0 Å². The molecule has 0 bridgehead atoms. The highest BCUT2D eigenvalue weighted by Crippen LogP contribution is 2.24. The van der Waals surface area contributed by atoms with Gasteiger partial charge in [-0.1, -0.05) is 18.2 Å². The summed E-state index contributed by atoms with van der Waals surface area (Å²) in [5.41, 5.74) is 1.49. The lowest BCUT2D eigenvalue weighted by Gasteiger charge is -2.19. The van der Waals surface area contributed by atoms with Gasteiger partial charge < -0.3 is 15.4 Å². The van der Waals surface area contributed by atoms with Crippen molar-refractivity contribution in [2.45, 2.75) is 26.4 Å². The Labute approximate surface area is 135 Å². The van der Waals surface area contributed by atoms with Gasteiger partial charge in [-0.25, -0.2) is 4.79 Å². The number of rotatable bonds is 4. The largest absolute Gasteiger partial charge is 0.444 e. The van der Waals surface area contributed by atoms with Crippen molar-refractivity contribution in [3.63, 3.8) is 0 Å². The van der Waals surface area contributed by atoms with Gasteiger partial charge in [0.25, 0.3) is 0 Å². The fourth-order valence-corrected chi connectivity index (χ4v) is 2.08. The van der Waals surface area contributed by atoms with Crippen LogP contribution in [0.4, 0.5) is 10.5 Å².